The van der Waals surface area contributed by atoms with E-state index in [1.807, 2.05) is 0 Å². The van der Waals surface area contributed by atoms with Gasteiger partial charge >= 0.3 is 6.18 Å². The zero-order valence-electron chi connectivity index (χ0n) is 10.4. The molecule has 0 saturated heterocycles. The van der Waals surface area contributed by atoms with Gasteiger partial charge in [0.1, 0.15) is 18.9 Å². The standard InChI is InChI=1S/C13H8ClF3N2O2/c14-12-18-8(6-11(19-12)13(15,16)17)7-1-2-9-10(5-7)21-4-3-20-9/h1-2,5-6H,3-4H2. The summed E-state index contributed by atoms with van der Waals surface area (Å²) in [4.78, 5) is 7.02. The second-order valence-electron chi connectivity index (χ2n) is 4.26. The lowest BCUT2D eigenvalue weighted by Gasteiger charge is -2.18. The van der Waals surface area contributed by atoms with Gasteiger partial charge in [0.15, 0.2) is 11.5 Å². The highest BCUT2D eigenvalue weighted by Gasteiger charge is 2.33. The molecule has 0 amide bonds. The number of hydrogen-bond donors (Lipinski definition) is 0. The minimum atomic E-state index is -4.59. The molecule has 1 aliphatic rings. The van der Waals surface area contributed by atoms with Crippen LogP contribution in [0.1, 0.15) is 5.69 Å². The topological polar surface area (TPSA) is 44.2 Å². The molecule has 4 nitrogen and oxygen atoms in total. The number of benzene rings is 1. The maximum absolute atomic E-state index is 12.7. The average molecular weight is 317 g/mol. The zero-order chi connectivity index (χ0) is 15.0. The monoisotopic (exact) mass is 316 g/mol. The number of halogens is 4. The maximum atomic E-state index is 12.7. The Hall–Kier alpha value is -2.02. The Morgan fingerprint density at radius 1 is 1.00 bits per heavy atom. The Morgan fingerprint density at radius 2 is 1.71 bits per heavy atom. The molecule has 1 aromatic heterocycles. The number of aromatic nitrogens is 2. The van der Waals surface area contributed by atoms with E-state index in [0.29, 0.717) is 30.3 Å². The summed E-state index contributed by atoms with van der Waals surface area (Å²) < 4.78 is 49.0. The van der Waals surface area contributed by atoms with Crippen LogP contribution in [0.4, 0.5) is 13.2 Å². The van der Waals surface area contributed by atoms with E-state index >= 15 is 0 Å². The van der Waals surface area contributed by atoms with Crippen molar-refractivity contribution in [2.45, 2.75) is 6.18 Å². The molecule has 1 aliphatic heterocycles. The summed E-state index contributed by atoms with van der Waals surface area (Å²) in [6.45, 7) is 0.818. The van der Waals surface area contributed by atoms with Crippen LogP contribution in [0.25, 0.3) is 11.3 Å². The molecule has 0 bridgehead atoms. The van der Waals surface area contributed by atoms with Gasteiger partial charge in [-0.15, -0.1) is 0 Å². The minimum absolute atomic E-state index is 0.0688. The molecule has 8 heteroatoms. The summed E-state index contributed by atoms with van der Waals surface area (Å²) in [7, 11) is 0. The Labute approximate surface area is 122 Å². The summed E-state index contributed by atoms with van der Waals surface area (Å²) in [6, 6.07) is 5.62. The van der Waals surface area contributed by atoms with Crippen LogP contribution in [0.5, 0.6) is 11.5 Å². The van der Waals surface area contributed by atoms with E-state index in [-0.39, 0.29) is 5.69 Å². The molecule has 2 heterocycles. The molecule has 0 atom stereocenters. The van der Waals surface area contributed by atoms with Crippen LogP contribution in [0.15, 0.2) is 24.3 Å². The first-order chi connectivity index (χ1) is 9.93. The van der Waals surface area contributed by atoms with Gasteiger partial charge in [-0.25, -0.2) is 9.97 Å². The van der Waals surface area contributed by atoms with Gasteiger partial charge in [-0.05, 0) is 35.9 Å². The first-order valence-corrected chi connectivity index (χ1v) is 6.33. The van der Waals surface area contributed by atoms with Crippen molar-refractivity contribution >= 4 is 11.6 Å². The number of ether oxygens (including phenoxy) is 2. The second kappa shape index (κ2) is 5.07. The lowest BCUT2D eigenvalue weighted by molar-refractivity contribution is -0.141. The van der Waals surface area contributed by atoms with Gasteiger partial charge in [0.25, 0.3) is 0 Å². The van der Waals surface area contributed by atoms with Gasteiger partial charge in [-0.3, -0.25) is 0 Å². The Bertz CT molecular complexity index is 692. The molecule has 3 rings (SSSR count). The molecule has 0 fully saturated rings. The number of nitrogens with zero attached hydrogens (tertiary/aromatic N) is 2. The average Bonchev–Trinajstić information content (AvgIpc) is 2.45. The van der Waals surface area contributed by atoms with Gasteiger partial charge in [-0.1, -0.05) is 0 Å². The van der Waals surface area contributed by atoms with E-state index in [4.69, 9.17) is 21.1 Å². The zero-order valence-corrected chi connectivity index (χ0v) is 11.2. The fraction of sp³-hybridized carbons (Fsp3) is 0.231. The Kier molecular flexibility index (Phi) is 3.36. The van der Waals surface area contributed by atoms with Crippen LogP contribution < -0.4 is 9.47 Å². The smallest absolute Gasteiger partial charge is 0.433 e. The fourth-order valence-electron chi connectivity index (χ4n) is 1.91. The minimum Gasteiger partial charge on any atom is -0.486 e. The van der Waals surface area contributed by atoms with E-state index in [1.165, 1.54) is 0 Å². The highest BCUT2D eigenvalue weighted by Crippen LogP contribution is 2.36. The molecule has 0 saturated carbocycles. The van der Waals surface area contributed by atoms with E-state index in [9.17, 15) is 13.2 Å². The van der Waals surface area contributed by atoms with Crippen LogP contribution in [0, 0.1) is 0 Å². The summed E-state index contributed by atoms with van der Waals surface area (Å²) in [5, 5.41) is -0.463. The molecule has 2 aromatic rings. The van der Waals surface area contributed by atoms with Crippen LogP contribution in [0.3, 0.4) is 0 Å². The normalized spacial score (nSPS) is 14.1. The Morgan fingerprint density at radius 3 is 2.43 bits per heavy atom. The molecule has 21 heavy (non-hydrogen) atoms. The molecular formula is C13H8ClF3N2O2. The fourth-order valence-corrected chi connectivity index (χ4v) is 2.10. The van der Waals surface area contributed by atoms with Gasteiger partial charge in [-0.2, -0.15) is 13.2 Å². The molecule has 0 N–H and O–H groups in total. The molecule has 0 radical (unpaired) electrons. The van der Waals surface area contributed by atoms with Gasteiger partial charge in [0, 0.05) is 5.56 Å². The van der Waals surface area contributed by atoms with Crippen molar-refractivity contribution in [1.82, 2.24) is 9.97 Å². The summed E-state index contributed by atoms with van der Waals surface area (Å²) >= 11 is 5.57. The maximum Gasteiger partial charge on any atom is 0.433 e. The number of alkyl halides is 3. The number of rotatable bonds is 1. The first-order valence-electron chi connectivity index (χ1n) is 5.95. The lowest BCUT2D eigenvalue weighted by atomic mass is 10.1. The Balaban J connectivity index is 2.06. The number of fused-ring (bicyclic) bond motifs is 1. The molecule has 110 valence electrons. The molecule has 0 unspecified atom stereocenters. The molecule has 1 aromatic carbocycles. The first kappa shape index (κ1) is 13.9. The highest BCUT2D eigenvalue weighted by molar-refractivity contribution is 6.28. The third-order valence-electron chi connectivity index (χ3n) is 2.83. The van der Waals surface area contributed by atoms with Crippen molar-refractivity contribution in [3.8, 4) is 22.8 Å². The van der Waals surface area contributed by atoms with Crippen LogP contribution >= 0.6 is 11.6 Å². The predicted octanol–water partition coefficient (Wildman–Crippen LogP) is 3.59. The van der Waals surface area contributed by atoms with E-state index in [2.05, 4.69) is 9.97 Å². The molecule has 0 spiro atoms. The van der Waals surface area contributed by atoms with E-state index < -0.39 is 17.2 Å². The largest absolute Gasteiger partial charge is 0.486 e. The van der Waals surface area contributed by atoms with Crippen molar-refractivity contribution in [2.24, 2.45) is 0 Å². The van der Waals surface area contributed by atoms with E-state index in [0.717, 1.165) is 6.07 Å². The van der Waals surface area contributed by atoms with Gasteiger partial charge in [0.05, 0.1) is 5.69 Å². The van der Waals surface area contributed by atoms with Crippen LogP contribution in [0.2, 0.25) is 5.28 Å². The van der Waals surface area contributed by atoms with Crippen LogP contribution in [-0.2, 0) is 6.18 Å². The quantitative estimate of drug-likeness (QED) is 0.754. The van der Waals surface area contributed by atoms with Crippen molar-refractivity contribution in [3.05, 3.63) is 35.2 Å². The predicted molar refractivity (Wildman–Crippen MR) is 68.5 cm³/mol. The number of hydrogen-bond acceptors (Lipinski definition) is 4. The van der Waals surface area contributed by atoms with Gasteiger partial charge < -0.3 is 9.47 Å². The highest BCUT2D eigenvalue weighted by atomic mass is 35.5. The van der Waals surface area contributed by atoms with Crippen molar-refractivity contribution in [2.75, 3.05) is 13.2 Å². The molecule has 0 aliphatic carbocycles. The van der Waals surface area contributed by atoms with Gasteiger partial charge in [0.2, 0.25) is 5.28 Å². The second-order valence-corrected chi connectivity index (χ2v) is 4.60. The summed E-state index contributed by atoms with van der Waals surface area (Å²) in [5.41, 5.74) is -0.583. The van der Waals surface area contributed by atoms with Crippen molar-refractivity contribution < 1.29 is 22.6 Å². The van der Waals surface area contributed by atoms with Crippen molar-refractivity contribution in [3.63, 3.8) is 0 Å². The van der Waals surface area contributed by atoms with Crippen molar-refractivity contribution in [1.29, 1.82) is 0 Å². The summed E-state index contributed by atoms with van der Waals surface area (Å²) in [6.07, 6.45) is -4.59. The third kappa shape index (κ3) is 2.87. The third-order valence-corrected chi connectivity index (χ3v) is 3.00. The molecular weight excluding hydrogens is 309 g/mol. The lowest BCUT2D eigenvalue weighted by Crippen LogP contribution is -2.15. The SMILES string of the molecule is FC(F)(F)c1cc(-c2ccc3c(c2)OCCO3)nc(Cl)n1. The van der Waals surface area contributed by atoms with Crippen LogP contribution in [-0.4, -0.2) is 23.2 Å². The summed E-state index contributed by atoms with van der Waals surface area (Å²) in [5.74, 6) is 1.00. The van der Waals surface area contributed by atoms with E-state index in [1.54, 1.807) is 18.2 Å².